The molecule has 0 aromatic heterocycles. The van der Waals surface area contributed by atoms with Gasteiger partial charge < -0.3 is 0 Å². The summed E-state index contributed by atoms with van der Waals surface area (Å²) in [5.74, 6) is 0. The van der Waals surface area contributed by atoms with Gasteiger partial charge in [-0.25, -0.2) is 0 Å². The third-order valence-electron chi connectivity index (χ3n) is 3.95. The zero-order chi connectivity index (χ0) is 14.8. The molecule has 0 unspecified atom stereocenters. The highest BCUT2D eigenvalue weighted by Gasteiger charge is 2.06. The molecule has 0 heteroatoms. The maximum Gasteiger partial charge on any atom is -0.00697 e. The molecule has 0 aliphatic rings. The Balaban J connectivity index is 0.000000636. The molecule has 4 aromatic carbocycles. The first-order valence-corrected chi connectivity index (χ1v) is 7.64. The van der Waals surface area contributed by atoms with Crippen molar-refractivity contribution in [3.05, 3.63) is 72.3 Å². The average Bonchev–Trinajstić information content (AvgIpc) is 2.56. The highest BCUT2D eigenvalue weighted by Crippen LogP contribution is 2.33. The SMILES string of the molecule is CC.Cc1cc2ccccc2c2ccc3ccccc3c12. The van der Waals surface area contributed by atoms with Crippen molar-refractivity contribution in [2.24, 2.45) is 0 Å². The molecule has 0 nitrogen and oxygen atoms in total. The molecule has 104 valence electrons. The molecular formula is C21H20. The fraction of sp³-hybridized carbons (Fsp3) is 0.143. The Bertz CT molecular complexity index is 917. The maximum absolute atomic E-state index is 2.30. The molecule has 0 N–H and O–H groups in total. The summed E-state index contributed by atoms with van der Waals surface area (Å²) >= 11 is 0. The van der Waals surface area contributed by atoms with E-state index in [-0.39, 0.29) is 0 Å². The smallest absolute Gasteiger partial charge is 0.00697 e. The first-order valence-electron chi connectivity index (χ1n) is 7.64. The van der Waals surface area contributed by atoms with Gasteiger partial charge in [0, 0.05) is 0 Å². The Morgan fingerprint density at radius 3 is 1.95 bits per heavy atom. The predicted octanol–water partition coefficient (Wildman–Crippen LogP) is 6.48. The molecule has 0 saturated carbocycles. The summed E-state index contributed by atoms with van der Waals surface area (Å²) in [5.41, 5.74) is 1.35. The second kappa shape index (κ2) is 5.57. The van der Waals surface area contributed by atoms with E-state index >= 15 is 0 Å². The number of hydrogen-bond acceptors (Lipinski definition) is 0. The van der Waals surface area contributed by atoms with Crippen molar-refractivity contribution in [2.45, 2.75) is 20.8 Å². The van der Waals surface area contributed by atoms with Gasteiger partial charge in [0.15, 0.2) is 0 Å². The summed E-state index contributed by atoms with van der Waals surface area (Å²) in [7, 11) is 0. The van der Waals surface area contributed by atoms with Gasteiger partial charge >= 0.3 is 0 Å². The van der Waals surface area contributed by atoms with E-state index in [2.05, 4.69) is 73.7 Å². The summed E-state index contributed by atoms with van der Waals surface area (Å²) in [4.78, 5) is 0. The summed E-state index contributed by atoms with van der Waals surface area (Å²) in [6, 6.07) is 24.0. The van der Waals surface area contributed by atoms with Gasteiger partial charge in [0.1, 0.15) is 0 Å². The molecule has 0 aliphatic heterocycles. The molecule has 4 aromatic rings. The first-order chi connectivity index (χ1) is 10.3. The Hall–Kier alpha value is -2.34. The second-order valence-electron chi connectivity index (χ2n) is 5.12. The number of benzene rings is 4. The van der Waals surface area contributed by atoms with E-state index in [1.165, 1.54) is 37.9 Å². The predicted molar refractivity (Wildman–Crippen MR) is 95.0 cm³/mol. The molecule has 0 atom stereocenters. The lowest BCUT2D eigenvalue weighted by Crippen LogP contribution is -1.84. The maximum atomic E-state index is 2.30. The van der Waals surface area contributed by atoms with Crippen molar-refractivity contribution in [1.82, 2.24) is 0 Å². The summed E-state index contributed by atoms with van der Waals surface area (Å²) in [6.07, 6.45) is 0. The van der Waals surface area contributed by atoms with Crippen LogP contribution in [0.4, 0.5) is 0 Å². The van der Waals surface area contributed by atoms with E-state index in [0.717, 1.165) is 0 Å². The van der Waals surface area contributed by atoms with Gasteiger partial charge in [-0.15, -0.1) is 0 Å². The van der Waals surface area contributed by atoms with E-state index in [0.29, 0.717) is 0 Å². The molecule has 0 saturated heterocycles. The van der Waals surface area contributed by atoms with Crippen LogP contribution in [0.3, 0.4) is 0 Å². The van der Waals surface area contributed by atoms with Gasteiger partial charge in [-0.05, 0) is 44.8 Å². The fourth-order valence-electron chi connectivity index (χ4n) is 3.09. The zero-order valence-corrected chi connectivity index (χ0v) is 12.9. The van der Waals surface area contributed by atoms with Crippen molar-refractivity contribution < 1.29 is 0 Å². The first kappa shape index (κ1) is 13.6. The summed E-state index contributed by atoms with van der Waals surface area (Å²) < 4.78 is 0. The molecule has 0 fully saturated rings. The Morgan fingerprint density at radius 2 is 1.19 bits per heavy atom. The highest BCUT2D eigenvalue weighted by molar-refractivity contribution is 6.18. The van der Waals surface area contributed by atoms with Crippen LogP contribution in [0.15, 0.2) is 66.7 Å². The Kier molecular flexibility index (Phi) is 3.62. The van der Waals surface area contributed by atoms with Gasteiger partial charge in [-0.2, -0.15) is 0 Å². The molecule has 0 bridgehead atoms. The van der Waals surface area contributed by atoms with E-state index in [9.17, 15) is 0 Å². The van der Waals surface area contributed by atoms with Crippen LogP contribution in [0.5, 0.6) is 0 Å². The molecule has 0 radical (unpaired) electrons. The van der Waals surface area contributed by atoms with Crippen LogP contribution in [-0.4, -0.2) is 0 Å². The van der Waals surface area contributed by atoms with Crippen LogP contribution in [-0.2, 0) is 0 Å². The highest BCUT2D eigenvalue weighted by atomic mass is 14.1. The van der Waals surface area contributed by atoms with Crippen LogP contribution in [0.1, 0.15) is 19.4 Å². The van der Waals surface area contributed by atoms with Gasteiger partial charge in [0.05, 0.1) is 0 Å². The minimum atomic E-state index is 1.31. The van der Waals surface area contributed by atoms with Gasteiger partial charge in [-0.1, -0.05) is 80.6 Å². The Morgan fingerprint density at radius 1 is 0.571 bits per heavy atom. The standard InChI is InChI=1S/C19H14.C2H6/c1-13-12-15-7-3-4-8-16(15)18-11-10-14-6-2-5-9-17(14)19(13)18;1-2/h2-12H,1H3;1-2H3. The normalized spacial score (nSPS) is 10.6. The molecule has 0 aliphatic carbocycles. The molecular weight excluding hydrogens is 252 g/mol. The monoisotopic (exact) mass is 272 g/mol. The lowest BCUT2D eigenvalue weighted by Gasteiger charge is -2.10. The molecule has 0 heterocycles. The molecule has 21 heavy (non-hydrogen) atoms. The molecule has 0 spiro atoms. The zero-order valence-electron chi connectivity index (χ0n) is 12.9. The molecule has 4 rings (SSSR count). The minimum absolute atomic E-state index is 1.31. The van der Waals surface area contributed by atoms with Gasteiger partial charge in [-0.3, -0.25) is 0 Å². The molecule has 0 amide bonds. The van der Waals surface area contributed by atoms with Crippen molar-refractivity contribution in [3.8, 4) is 0 Å². The lowest BCUT2D eigenvalue weighted by atomic mass is 9.94. The quantitative estimate of drug-likeness (QED) is 0.321. The van der Waals surface area contributed by atoms with Crippen LogP contribution in [0, 0.1) is 6.92 Å². The van der Waals surface area contributed by atoms with Crippen molar-refractivity contribution in [3.63, 3.8) is 0 Å². The topological polar surface area (TPSA) is 0 Å². The van der Waals surface area contributed by atoms with Crippen molar-refractivity contribution in [1.29, 1.82) is 0 Å². The number of rotatable bonds is 0. The summed E-state index contributed by atoms with van der Waals surface area (Å²) in [6.45, 7) is 6.21. The van der Waals surface area contributed by atoms with Crippen LogP contribution in [0.25, 0.3) is 32.3 Å². The largest absolute Gasteiger partial charge is 0.0683 e. The summed E-state index contributed by atoms with van der Waals surface area (Å²) in [5, 5.41) is 8.07. The third-order valence-corrected chi connectivity index (χ3v) is 3.95. The number of aryl methyl sites for hydroxylation is 1. The van der Waals surface area contributed by atoms with E-state index < -0.39 is 0 Å². The van der Waals surface area contributed by atoms with Crippen molar-refractivity contribution >= 4 is 32.3 Å². The van der Waals surface area contributed by atoms with E-state index in [1.54, 1.807) is 0 Å². The lowest BCUT2D eigenvalue weighted by molar-refractivity contribution is 1.50. The van der Waals surface area contributed by atoms with E-state index in [4.69, 9.17) is 0 Å². The van der Waals surface area contributed by atoms with Gasteiger partial charge in [0.25, 0.3) is 0 Å². The van der Waals surface area contributed by atoms with Crippen LogP contribution >= 0.6 is 0 Å². The van der Waals surface area contributed by atoms with Crippen LogP contribution < -0.4 is 0 Å². The Labute approximate surface area is 126 Å². The second-order valence-corrected chi connectivity index (χ2v) is 5.12. The number of hydrogen-bond donors (Lipinski definition) is 0. The number of fused-ring (bicyclic) bond motifs is 5. The van der Waals surface area contributed by atoms with Crippen molar-refractivity contribution in [2.75, 3.05) is 0 Å². The van der Waals surface area contributed by atoms with E-state index in [1.807, 2.05) is 13.8 Å². The fourth-order valence-corrected chi connectivity index (χ4v) is 3.09. The average molecular weight is 272 g/mol. The van der Waals surface area contributed by atoms with Gasteiger partial charge in [0.2, 0.25) is 0 Å². The minimum Gasteiger partial charge on any atom is -0.0683 e. The van der Waals surface area contributed by atoms with Crippen LogP contribution in [0.2, 0.25) is 0 Å². The third kappa shape index (κ3) is 2.17.